The number of likely N-dealkylation sites (N-methyl/N-ethyl adjacent to an activating group) is 1. The molecule has 17 heavy (non-hydrogen) atoms. The topological polar surface area (TPSA) is 58.4 Å². The van der Waals surface area contributed by atoms with E-state index in [1.54, 1.807) is 0 Å². The van der Waals surface area contributed by atoms with E-state index in [1.165, 1.54) is 12.8 Å². The molecule has 1 aliphatic rings. The highest BCUT2D eigenvalue weighted by molar-refractivity contribution is 5.78. The van der Waals surface area contributed by atoms with Crippen LogP contribution in [0.2, 0.25) is 0 Å². The lowest BCUT2D eigenvalue weighted by Crippen LogP contribution is -2.54. The summed E-state index contributed by atoms with van der Waals surface area (Å²) in [5.41, 5.74) is 5.76. The first-order valence-corrected chi connectivity index (χ1v) is 6.77. The fourth-order valence-corrected chi connectivity index (χ4v) is 1.99. The normalized spacial score (nSPS) is 19.1. The van der Waals surface area contributed by atoms with Crippen LogP contribution in [-0.4, -0.2) is 42.5 Å². The maximum atomic E-state index is 11.8. The maximum Gasteiger partial charge on any atom is 0.234 e. The van der Waals surface area contributed by atoms with Crippen molar-refractivity contribution in [3.63, 3.8) is 0 Å². The minimum atomic E-state index is -0.0638. The van der Waals surface area contributed by atoms with E-state index in [2.05, 4.69) is 31.0 Å². The number of nitrogens with zero attached hydrogens (tertiary/aromatic N) is 1. The van der Waals surface area contributed by atoms with Crippen molar-refractivity contribution in [3.05, 3.63) is 0 Å². The average molecular weight is 241 g/mol. The molecule has 0 aromatic heterocycles. The number of rotatable bonds is 8. The first-order chi connectivity index (χ1) is 8.05. The maximum absolute atomic E-state index is 11.8. The lowest BCUT2D eigenvalue weighted by Gasteiger charge is -2.39. The van der Waals surface area contributed by atoms with Gasteiger partial charge in [-0.2, -0.15) is 0 Å². The van der Waals surface area contributed by atoms with Crippen LogP contribution in [-0.2, 0) is 4.79 Å². The van der Waals surface area contributed by atoms with E-state index in [1.807, 2.05) is 0 Å². The van der Waals surface area contributed by atoms with Gasteiger partial charge in [-0.1, -0.05) is 13.8 Å². The third-order valence-electron chi connectivity index (χ3n) is 3.97. The van der Waals surface area contributed by atoms with Gasteiger partial charge in [-0.25, -0.2) is 0 Å². The molecule has 1 atom stereocenters. The number of carbonyl (C=O) groups excluding carboxylic acids is 1. The lowest BCUT2D eigenvalue weighted by molar-refractivity contribution is -0.123. The van der Waals surface area contributed by atoms with Gasteiger partial charge in [0.25, 0.3) is 0 Å². The van der Waals surface area contributed by atoms with Crippen molar-refractivity contribution in [2.24, 2.45) is 11.7 Å². The molecule has 1 aliphatic carbocycles. The van der Waals surface area contributed by atoms with E-state index in [4.69, 9.17) is 5.73 Å². The summed E-state index contributed by atoms with van der Waals surface area (Å²) >= 11 is 0. The van der Waals surface area contributed by atoms with Crippen LogP contribution >= 0.6 is 0 Å². The van der Waals surface area contributed by atoms with Gasteiger partial charge in [0.15, 0.2) is 0 Å². The van der Waals surface area contributed by atoms with Gasteiger partial charge in [0.05, 0.1) is 6.54 Å². The van der Waals surface area contributed by atoms with Crippen LogP contribution in [0.25, 0.3) is 0 Å². The molecule has 1 rings (SSSR count). The molecule has 1 unspecified atom stereocenters. The lowest BCUT2D eigenvalue weighted by atomic mass is 9.96. The van der Waals surface area contributed by atoms with E-state index in [0.29, 0.717) is 13.1 Å². The average Bonchev–Trinajstić information content (AvgIpc) is 3.16. The smallest absolute Gasteiger partial charge is 0.234 e. The summed E-state index contributed by atoms with van der Waals surface area (Å²) in [5, 5.41) is 3.01. The molecule has 0 spiro atoms. The highest BCUT2D eigenvalue weighted by Gasteiger charge is 2.29. The van der Waals surface area contributed by atoms with Crippen molar-refractivity contribution in [2.75, 3.05) is 26.2 Å². The van der Waals surface area contributed by atoms with E-state index in [9.17, 15) is 4.79 Å². The monoisotopic (exact) mass is 241 g/mol. The first kappa shape index (κ1) is 14.5. The molecule has 3 N–H and O–H groups in total. The first-order valence-electron chi connectivity index (χ1n) is 6.77. The largest absolute Gasteiger partial charge is 0.355 e. The summed E-state index contributed by atoms with van der Waals surface area (Å²) in [4.78, 5) is 14.0. The summed E-state index contributed by atoms with van der Waals surface area (Å²) in [7, 11) is 0. The second kappa shape index (κ2) is 6.36. The Kier molecular flexibility index (Phi) is 5.40. The number of amides is 1. The third-order valence-corrected chi connectivity index (χ3v) is 3.97. The van der Waals surface area contributed by atoms with Gasteiger partial charge in [-0.15, -0.1) is 0 Å². The molecular weight excluding hydrogens is 214 g/mol. The Hall–Kier alpha value is -0.610. The van der Waals surface area contributed by atoms with Crippen LogP contribution in [0.1, 0.15) is 40.0 Å². The standard InChI is InChI=1S/C13H27N3O/c1-4-13(3,10-14)16(5-2)9-12(17)15-8-11-6-7-11/h11H,4-10,14H2,1-3H3,(H,15,17). The van der Waals surface area contributed by atoms with Crippen LogP contribution in [0.5, 0.6) is 0 Å². The van der Waals surface area contributed by atoms with Gasteiger partial charge in [-0.3, -0.25) is 9.69 Å². The molecule has 1 fully saturated rings. The summed E-state index contributed by atoms with van der Waals surface area (Å²) < 4.78 is 0. The highest BCUT2D eigenvalue weighted by Crippen LogP contribution is 2.27. The molecule has 0 bridgehead atoms. The fraction of sp³-hybridized carbons (Fsp3) is 0.923. The summed E-state index contributed by atoms with van der Waals surface area (Å²) in [5.74, 6) is 0.868. The molecule has 100 valence electrons. The molecule has 0 aromatic rings. The molecule has 0 saturated heterocycles. The van der Waals surface area contributed by atoms with Crippen molar-refractivity contribution in [1.29, 1.82) is 0 Å². The van der Waals surface area contributed by atoms with Crippen LogP contribution < -0.4 is 11.1 Å². The van der Waals surface area contributed by atoms with Gasteiger partial charge in [0, 0.05) is 18.6 Å². The predicted octanol–water partition coefficient (Wildman–Crippen LogP) is 0.962. The highest BCUT2D eigenvalue weighted by atomic mass is 16.2. The van der Waals surface area contributed by atoms with Gasteiger partial charge in [0.2, 0.25) is 5.91 Å². The van der Waals surface area contributed by atoms with Gasteiger partial charge >= 0.3 is 0 Å². The number of carbonyl (C=O) groups is 1. The van der Waals surface area contributed by atoms with Crippen LogP contribution in [0.3, 0.4) is 0 Å². The molecule has 0 heterocycles. The fourth-order valence-electron chi connectivity index (χ4n) is 1.99. The third kappa shape index (κ3) is 4.28. The zero-order valence-electron chi connectivity index (χ0n) is 11.5. The van der Waals surface area contributed by atoms with E-state index < -0.39 is 0 Å². The molecule has 4 heteroatoms. The minimum absolute atomic E-state index is 0.0638. The quantitative estimate of drug-likeness (QED) is 0.665. The number of hydrogen-bond acceptors (Lipinski definition) is 3. The second-order valence-electron chi connectivity index (χ2n) is 5.32. The predicted molar refractivity (Wildman–Crippen MR) is 70.7 cm³/mol. The van der Waals surface area contributed by atoms with E-state index >= 15 is 0 Å². The molecular formula is C13H27N3O. The Labute approximate surface area is 105 Å². The molecule has 4 nitrogen and oxygen atoms in total. The van der Waals surface area contributed by atoms with Crippen LogP contribution in [0.15, 0.2) is 0 Å². The van der Waals surface area contributed by atoms with Crippen LogP contribution in [0, 0.1) is 5.92 Å². The van der Waals surface area contributed by atoms with E-state index in [-0.39, 0.29) is 11.4 Å². The van der Waals surface area contributed by atoms with E-state index in [0.717, 1.165) is 25.4 Å². The Balaban J connectivity index is 2.40. The molecule has 0 aliphatic heterocycles. The zero-order valence-corrected chi connectivity index (χ0v) is 11.5. The zero-order chi connectivity index (χ0) is 12.9. The van der Waals surface area contributed by atoms with Gasteiger partial charge in [-0.05, 0) is 38.6 Å². The second-order valence-corrected chi connectivity index (χ2v) is 5.32. The Morgan fingerprint density at radius 2 is 2.12 bits per heavy atom. The van der Waals surface area contributed by atoms with Gasteiger partial charge in [0.1, 0.15) is 0 Å². The Morgan fingerprint density at radius 1 is 1.47 bits per heavy atom. The van der Waals surface area contributed by atoms with Crippen molar-refractivity contribution in [1.82, 2.24) is 10.2 Å². The number of nitrogens with one attached hydrogen (secondary N) is 1. The van der Waals surface area contributed by atoms with Crippen LogP contribution in [0.4, 0.5) is 0 Å². The summed E-state index contributed by atoms with van der Waals surface area (Å²) in [6.45, 7) is 9.10. The number of nitrogens with two attached hydrogens (primary N) is 1. The van der Waals surface area contributed by atoms with Gasteiger partial charge < -0.3 is 11.1 Å². The SMILES string of the molecule is CCN(CC(=O)NCC1CC1)C(C)(CC)CN. The van der Waals surface area contributed by atoms with Crippen molar-refractivity contribution >= 4 is 5.91 Å². The van der Waals surface area contributed by atoms with Crippen molar-refractivity contribution in [3.8, 4) is 0 Å². The molecule has 1 saturated carbocycles. The molecule has 0 radical (unpaired) electrons. The molecule has 1 amide bonds. The number of hydrogen-bond donors (Lipinski definition) is 2. The molecule has 0 aromatic carbocycles. The van der Waals surface area contributed by atoms with Crippen molar-refractivity contribution < 1.29 is 4.79 Å². The Morgan fingerprint density at radius 3 is 2.53 bits per heavy atom. The summed E-state index contributed by atoms with van der Waals surface area (Å²) in [6, 6.07) is 0. The minimum Gasteiger partial charge on any atom is -0.355 e. The van der Waals surface area contributed by atoms with Crippen molar-refractivity contribution in [2.45, 2.75) is 45.6 Å². The Bertz CT molecular complexity index is 247. The summed E-state index contributed by atoms with van der Waals surface area (Å²) in [6.07, 6.45) is 3.51.